The summed E-state index contributed by atoms with van der Waals surface area (Å²) in [6.07, 6.45) is 4.51. The SMILES string of the molecule is CC1(C)CCC(c2ccc(Cl)cc2)=C(CN2CCN(c3ccc(C(=O)NS(=O)(=O)c4ccc(N[C@H](CCN5C6CC5CN(Cc5ccc7c(c5F)CN(C5CCC(=O)NC5=O)C7=O)C6)CSc5ccccc5)c(S(=O)(=O)C(F)(F)F)c4)cc3)CC2)C1. The van der Waals surface area contributed by atoms with Crippen LogP contribution in [0.15, 0.2) is 129 Å². The van der Waals surface area contributed by atoms with Gasteiger partial charge in [0.05, 0.1) is 17.1 Å². The second kappa shape index (κ2) is 24.7. The van der Waals surface area contributed by atoms with Crippen LogP contribution in [-0.2, 0) is 42.5 Å². The third kappa shape index (κ3) is 13.2. The number of imide groups is 1. The Bertz CT molecular complexity index is 3690. The van der Waals surface area contributed by atoms with E-state index >= 15 is 4.39 Å². The van der Waals surface area contributed by atoms with Crippen molar-refractivity contribution < 1.29 is 53.6 Å². The first-order chi connectivity index (χ1) is 40.9. The molecule has 4 atom stereocenters. The zero-order chi connectivity index (χ0) is 60.9. The molecule has 5 aromatic rings. The van der Waals surface area contributed by atoms with E-state index < -0.39 is 82.4 Å². The number of allylic oxidation sites excluding steroid dienone is 1. The van der Waals surface area contributed by atoms with Crippen LogP contribution in [0.4, 0.5) is 28.9 Å². The number of hydrogen-bond acceptors (Lipinski definition) is 14. The molecule has 16 nitrogen and oxygen atoms in total. The summed E-state index contributed by atoms with van der Waals surface area (Å²) in [5, 5.41) is 5.99. The molecule has 12 rings (SSSR count). The highest BCUT2D eigenvalue weighted by Gasteiger charge is 2.49. The molecule has 3 N–H and O–H groups in total. The second-order valence-corrected chi connectivity index (χ2v) is 29.1. The highest BCUT2D eigenvalue weighted by molar-refractivity contribution is 7.99. The predicted molar refractivity (Wildman–Crippen MR) is 321 cm³/mol. The number of rotatable bonds is 19. The Morgan fingerprint density at radius 3 is 2.24 bits per heavy atom. The van der Waals surface area contributed by atoms with Gasteiger partial charge in [0, 0.05) is 127 Å². The van der Waals surface area contributed by atoms with Crippen molar-refractivity contribution in [3.63, 3.8) is 0 Å². The zero-order valence-electron chi connectivity index (χ0n) is 47.5. The summed E-state index contributed by atoms with van der Waals surface area (Å²) in [6.45, 7) is 10.2. The summed E-state index contributed by atoms with van der Waals surface area (Å²) in [4.78, 5) is 60.2. The first-order valence-corrected chi connectivity index (χ1v) is 33.2. The van der Waals surface area contributed by atoms with Gasteiger partial charge in [0.2, 0.25) is 11.8 Å². The van der Waals surface area contributed by atoms with Crippen molar-refractivity contribution in [2.45, 2.75) is 116 Å². The van der Waals surface area contributed by atoms with Gasteiger partial charge < -0.3 is 15.1 Å². The van der Waals surface area contributed by atoms with Gasteiger partial charge in [-0.2, -0.15) is 13.2 Å². The molecule has 3 unspecified atom stereocenters. The van der Waals surface area contributed by atoms with Crippen LogP contribution in [0.1, 0.15) is 96.2 Å². The lowest BCUT2D eigenvalue weighted by Gasteiger charge is -2.57. The first kappa shape index (κ1) is 61.3. The quantitative estimate of drug-likeness (QED) is 0.0403. The van der Waals surface area contributed by atoms with Gasteiger partial charge in [-0.05, 0) is 128 Å². The van der Waals surface area contributed by atoms with E-state index in [1.807, 2.05) is 47.2 Å². The molecule has 0 spiro atoms. The first-order valence-electron chi connectivity index (χ1n) is 28.8. The molecule has 0 radical (unpaired) electrons. The number of piperazine rings is 2. The lowest BCUT2D eigenvalue weighted by molar-refractivity contribution is -0.136. The molecule has 4 amide bonds. The summed E-state index contributed by atoms with van der Waals surface area (Å²) in [5.41, 5.74) is -0.518. The number of benzene rings is 5. The molecular weight excluding hydrogens is 1190 g/mol. The predicted octanol–water partition coefficient (Wildman–Crippen LogP) is 9.36. The second-order valence-electron chi connectivity index (χ2n) is 24.0. The molecule has 1 aliphatic carbocycles. The summed E-state index contributed by atoms with van der Waals surface area (Å²) < 4.78 is 116. The lowest BCUT2D eigenvalue weighted by atomic mass is 9.73. The molecule has 2 bridgehead atoms. The third-order valence-corrected chi connectivity index (χ3v) is 21.8. The molecule has 7 aliphatic rings. The van der Waals surface area contributed by atoms with Gasteiger partial charge in [-0.3, -0.25) is 39.2 Å². The minimum absolute atomic E-state index is 0.0370. The van der Waals surface area contributed by atoms with Crippen LogP contribution in [0.25, 0.3) is 5.57 Å². The van der Waals surface area contributed by atoms with Crippen LogP contribution in [-0.4, -0.2) is 148 Å². The highest BCUT2D eigenvalue weighted by atomic mass is 35.5. The summed E-state index contributed by atoms with van der Waals surface area (Å²) in [5.74, 6) is -2.77. The van der Waals surface area contributed by atoms with Gasteiger partial charge in [0.15, 0.2) is 0 Å². The molecule has 5 saturated heterocycles. The van der Waals surface area contributed by atoms with Crippen molar-refractivity contribution >= 4 is 83.8 Å². The normalized spacial score (nSPS) is 21.7. The fraction of sp³-hybridized carbons (Fsp3) is 0.419. The fourth-order valence-corrected chi connectivity index (χ4v) is 16.1. The Balaban J connectivity index is 0.730. The largest absolute Gasteiger partial charge is 0.501 e. The van der Waals surface area contributed by atoms with E-state index in [-0.39, 0.29) is 65.9 Å². The number of nitrogens with one attached hydrogen (secondary N) is 3. The van der Waals surface area contributed by atoms with Gasteiger partial charge in [-0.25, -0.2) is 25.9 Å². The Kier molecular flexibility index (Phi) is 17.6. The summed E-state index contributed by atoms with van der Waals surface area (Å²) in [6, 6.07) is 27.7. The number of sulfonamides is 1. The van der Waals surface area contributed by atoms with Crippen molar-refractivity contribution in [2.75, 3.05) is 68.3 Å². The summed E-state index contributed by atoms with van der Waals surface area (Å²) >= 11 is 7.62. The molecule has 24 heteroatoms. The van der Waals surface area contributed by atoms with E-state index in [0.29, 0.717) is 55.8 Å². The maximum atomic E-state index is 16.2. The number of sulfone groups is 1. The number of amides is 4. The number of piperidine rings is 2. The van der Waals surface area contributed by atoms with Crippen LogP contribution in [0.5, 0.6) is 0 Å². The van der Waals surface area contributed by atoms with E-state index in [4.69, 9.17) is 11.6 Å². The Hall–Kier alpha value is -6.34. The molecule has 6 aliphatic heterocycles. The van der Waals surface area contributed by atoms with Gasteiger partial charge in [0.25, 0.3) is 31.7 Å². The number of carbonyl (C=O) groups excluding carboxylic acids is 4. The lowest BCUT2D eigenvalue weighted by Crippen LogP contribution is -2.68. The van der Waals surface area contributed by atoms with Crippen molar-refractivity contribution in [3.8, 4) is 0 Å². The van der Waals surface area contributed by atoms with Crippen molar-refractivity contribution in [1.29, 1.82) is 0 Å². The van der Waals surface area contributed by atoms with Crippen molar-refractivity contribution in [2.24, 2.45) is 5.41 Å². The van der Waals surface area contributed by atoms with Gasteiger partial charge in [-0.15, -0.1) is 11.8 Å². The fourth-order valence-electron chi connectivity index (χ4n) is 12.9. The topological polar surface area (TPSA) is 189 Å². The molecule has 5 fully saturated rings. The molecule has 86 heavy (non-hydrogen) atoms. The number of nitrogens with zero attached hydrogens (tertiary/aromatic N) is 5. The van der Waals surface area contributed by atoms with E-state index in [1.165, 1.54) is 45.5 Å². The average molecular weight is 1260 g/mol. The minimum atomic E-state index is -6.17. The molecule has 0 aromatic heterocycles. The van der Waals surface area contributed by atoms with Crippen molar-refractivity contribution in [1.82, 2.24) is 29.6 Å². The highest BCUT2D eigenvalue weighted by Crippen LogP contribution is 2.44. The van der Waals surface area contributed by atoms with Gasteiger partial charge >= 0.3 is 5.51 Å². The number of carbonyl (C=O) groups is 4. The van der Waals surface area contributed by atoms with Gasteiger partial charge in [0.1, 0.15) is 16.8 Å². The number of thioether (sulfide) groups is 1. The molecule has 5 aromatic carbocycles. The number of anilines is 2. The van der Waals surface area contributed by atoms with Crippen LogP contribution in [0, 0.1) is 11.2 Å². The Morgan fingerprint density at radius 1 is 0.849 bits per heavy atom. The molecular formula is C62H67ClF4N8O8S3. The Labute approximate surface area is 507 Å². The molecule has 0 saturated carbocycles. The van der Waals surface area contributed by atoms with Gasteiger partial charge in [-0.1, -0.05) is 67.4 Å². The number of halogens is 5. The molecule has 456 valence electrons. The number of fused-ring (bicyclic) bond motifs is 3. The van der Waals surface area contributed by atoms with E-state index in [2.05, 4.69) is 56.2 Å². The maximum Gasteiger partial charge on any atom is 0.501 e. The van der Waals surface area contributed by atoms with Crippen LogP contribution < -0.4 is 20.3 Å². The maximum absolute atomic E-state index is 16.2. The van der Waals surface area contributed by atoms with Crippen LogP contribution in [0.3, 0.4) is 0 Å². The van der Waals surface area contributed by atoms with E-state index in [1.54, 1.807) is 24.3 Å². The average Bonchev–Trinajstić information content (AvgIpc) is 1.31. The smallest absolute Gasteiger partial charge is 0.380 e. The van der Waals surface area contributed by atoms with Crippen LogP contribution >= 0.6 is 23.4 Å². The minimum Gasteiger partial charge on any atom is -0.380 e. The van der Waals surface area contributed by atoms with E-state index in [0.717, 1.165) is 68.0 Å². The number of alkyl halides is 3. The monoisotopic (exact) mass is 1260 g/mol. The third-order valence-electron chi connectivity index (χ3n) is 17.6. The standard InChI is InChI=1S/C62H67ClF4N8O8S3/c1-61(2)24-22-50(39-8-13-43(63)14-9-39)42(32-61)34-71-26-28-73(29-27-71)45-15-10-40(11-16-45)58(77)70-86(82,83)49-17-19-53(55(31-49)85(80,81)62(65,66)67)68-44(38-84-48-6-4-3-5-7-48)23-25-74-46-30-47(74)36-72(35-46)33-41-12-18-51-52(57(41)64)37-75(60(51)79)54-20-21-56(76)69-59(54)78/h3-19,31,44,46-47,54,68H,20-30,32-38H2,1-2H3,(H,70,77)(H,69,76,78)/t44-,46?,47?,54?/m1/s1. The zero-order valence-corrected chi connectivity index (χ0v) is 50.8. The summed E-state index contributed by atoms with van der Waals surface area (Å²) in [7, 11) is -11.1. The van der Waals surface area contributed by atoms with E-state index in [9.17, 15) is 49.2 Å². The van der Waals surface area contributed by atoms with Crippen molar-refractivity contribution in [3.05, 3.63) is 153 Å². The van der Waals surface area contributed by atoms with Crippen LogP contribution in [0.2, 0.25) is 5.02 Å². The Morgan fingerprint density at radius 2 is 1.56 bits per heavy atom. The molecule has 6 heterocycles. The number of hydrogen-bond donors (Lipinski definition) is 3.